The number of aromatic amines is 1. The first-order chi connectivity index (χ1) is 13.2. The van der Waals surface area contributed by atoms with Crippen molar-refractivity contribution in [1.29, 1.82) is 0 Å². The molecule has 2 N–H and O–H groups in total. The van der Waals surface area contributed by atoms with Gasteiger partial charge in [0.2, 0.25) is 0 Å². The highest BCUT2D eigenvalue weighted by Crippen LogP contribution is 2.39. The largest absolute Gasteiger partial charge is 0.450 e. The standard InChI is InChI=1S/C20H13N3O2S2/c24-19-17(26-16-8-4-3-7-15(16)21-19)11-12-9-10-18(25-12)27-20-22-13-5-1-2-6-14(13)23-20/h1-11H,(H,21,24)(H,22,23)/b17-11-. The van der Waals surface area contributed by atoms with Crippen molar-refractivity contribution >= 4 is 52.2 Å². The number of furan rings is 1. The Hall–Kier alpha value is -2.90. The molecule has 4 aromatic rings. The number of benzene rings is 2. The number of carbonyl (C=O) groups is 1. The van der Waals surface area contributed by atoms with E-state index in [1.54, 1.807) is 6.08 Å². The molecule has 0 aliphatic carbocycles. The lowest BCUT2D eigenvalue weighted by molar-refractivity contribution is -0.112. The lowest BCUT2D eigenvalue weighted by Crippen LogP contribution is -2.16. The molecule has 1 amide bonds. The van der Waals surface area contributed by atoms with Gasteiger partial charge in [-0.25, -0.2) is 4.98 Å². The number of hydrogen-bond acceptors (Lipinski definition) is 5. The summed E-state index contributed by atoms with van der Waals surface area (Å²) in [5.74, 6) is 0.507. The van der Waals surface area contributed by atoms with Gasteiger partial charge in [-0.3, -0.25) is 4.79 Å². The van der Waals surface area contributed by atoms with Crippen molar-refractivity contribution in [2.45, 2.75) is 15.1 Å². The van der Waals surface area contributed by atoms with E-state index in [1.807, 2.05) is 60.7 Å². The Morgan fingerprint density at radius 3 is 2.81 bits per heavy atom. The Bertz CT molecular complexity index is 1160. The van der Waals surface area contributed by atoms with Crippen molar-refractivity contribution in [2.24, 2.45) is 0 Å². The first-order valence-electron chi connectivity index (χ1n) is 8.27. The third-order valence-corrected chi connectivity index (χ3v) is 5.93. The second kappa shape index (κ2) is 6.68. The second-order valence-corrected chi connectivity index (χ2v) is 7.96. The normalized spacial score (nSPS) is 15.1. The zero-order valence-electron chi connectivity index (χ0n) is 13.9. The van der Waals surface area contributed by atoms with Crippen molar-refractivity contribution < 1.29 is 9.21 Å². The van der Waals surface area contributed by atoms with Crippen LogP contribution in [0, 0.1) is 0 Å². The quantitative estimate of drug-likeness (QED) is 0.458. The summed E-state index contributed by atoms with van der Waals surface area (Å²) in [7, 11) is 0. The van der Waals surface area contributed by atoms with E-state index in [1.165, 1.54) is 23.5 Å². The summed E-state index contributed by atoms with van der Waals surface area (Å²) in [6.45, 7) is 0. The Morgan fingerprint density at radius 2 is 1.89 bits per heavy atom. The summed E-state index contributed by atoms with van der Waals surface area (Å²) in [5, 5.41) is 4.38. The lowest BCUT2D eigenvalue weighted by atomic mass is 10.3. The Labute approximate surface area is 163 Å². The summed E-state index contributed by atoms with van der Waals surface area (Å²) in [4.78, 5) is 21.7. The molecule has 132 valence electrons. The highest BCUT2D eigenvalue weighted by Gasteiger charge is 2.21. The van der Waals surface area contributed by atoms with Crippen LogP contribution in [-0.2, 0) is 4.79 Å². The number of para-hydroxylation sites is 3. The van der Waals surface area contributed by atoms with Crippen LogP contribution in [0.15, 0.2) is 85.1 Å². The molecule has 5 nitrogen and oxygen atoms in total. The fourth-order valence-corrected chi connectivity index (χ4v) is 4.47. The van der Waals surface area contributed by atoms with Crippen LogP contribution in [0.25, 0.3) is 17.1 Å². The molecule has 27 heavy (non-hydrogen) atoms. The zero-order valence-corrected chi connectivity index (χ0v) is 15.6. The first kappa shape index (κ1) is 16.3. The highest BCUT2D eigenvalue weighted by atomic mass is 32.2. The van der Waals surface area contributed by atoms with Crippen LogP contribution in [0.4, 0.5) is 5.69 Å². The lowest BCUT2D eigenvalue weighted by Gasteiger charge is -2.17. The molecule has 0 bridgehead atoms. The predicted octanol–water partition coefficient (Wildman–Crippen LogP) is 5.39. The first-order valence-corrected chi connectivity index (χ1v) is 9.90. The number of H-pyrrole nitrogens is 1. The van der Waals surface area contributed by atoms with E-state index in [9.17, 15) is 4.79 Å². The molecule has 0 saturated heterocycles. The number of rotatable bonds is 3. The SMILES string of the molecule is O=C1Nc2ccccc2S/C1=C\c1ccc(Sc2nc3ccccc3[nH]2)o1. The molecule has 5 rings (SSSR count). The van der Waals surface area contributed by atoms with Crippen molar-refractivity contribution in [3.05, 3.63) is 71.3 Å². The summed E-state index contributed by atoms with van der Waals surface area (Å²) >= 11 is 2.86. The maximum absolute atomic E-state index is 12.3. The van der Waals surface area contributed by atoms with Gasteiger partial charge in [0.15, 0.2) is 10.2 Å². The smallest absolute Gasteiger partial charge is 0.262 e. The zero-order chi connectivity index (χ0) is 18.2. The number of amides is 1. The van der Waals surface area contributed by atoms with Crippen LogP contribution in [0.3, 0.4) is 0 Å². The van der Waals surface area contributed by atoms with E-state index in [4.69, 9.17) is 4.42 Å². The Morgan fingerprint density at radius 1 is 1.04 bits per heavy atom. The predicted molar refractivity (Wildman–Crippen MR) is 108 cm³/mol. The number of aromatic nitrogens is 2. The number of thioether (sulfide) groups is 1. The van der Waals surface area contributed by atoms with Crippen LogP contribution in [-0.4, -0.2) is 15.9 Å². The average molecular weight is 391 g/mol. The Kier molecular flexibility index (Phi) is 4.03. The minimum absolute atomic E-state index is 0.124. The monoisotopic (exact) mass is 391 g/mol. The van der Waals surface area contributed by atoms with Crippen LogP contribution >= 0.6 is 23.5 Å². The summed E-state index contributed by atoms with van der Waals surface area (Å²) in [6.07, 6.45) is 1.76. The van der Waals surface area contributed by atoms with Crippen molar-refractivity contribution in [3.8, 4) is 0 Å². The molecule has 0 unspecified atom stereocenters. The third-order valence-electron chi connectivity index (χ3n) is 4.02. The molecule has 1 aliphatic heterocycles. The minimum atomic E-state index is -0.124. The van der Waals surface area contributed by atoms with Crippen molar-refractivity contribution in [1.82, 2.24) is 9.97 Å². The van der Waals surface area contributed by atoms with Gasteiger partial charge in [-0.05, 0) is 48.2 Å². The molecule has 0 spiro atoms. The highest BCUT2D eigenvalue weighted by molar-refractivity contribution is 8.04. The number of hydrogen-bond donors (Lipinski definition) is 2. The topological polar surface area (TPSA) is 70.9 Å². The number of nitrogens with one attached hydrogen (secondary N) is 2. The van der Waals surface area contributed by atoms with Gasteiger partial charge in [-0.2, -0.15) is 0 Å². The van der Waals surface area contributed by atoms with E-state index < -0.39 is 0 Å². The Balaban J connectivity index is 1.37. The molecule has 2 aromatic heterocycles. The molecular formula is C20H13N3O2S2. The van der Waals surface area contributed by atoms with E-state index in [0.29, 0.717) is 15.8 Å². The van der Waals surface area contributed by atoms with Gasteiger partial charge >= 0.3 is 0 Å². The maximum atomic E-state index is 12.3. The molecule has 1 aliphatic rings. The molecule has 7 heteroatoms. The number of anilines is 1. The second-order valence-electron chi connectivity index (χ2n) is 5.88. The molecule has 2 aromatic carbocycles. The van der Waals surface area contributed by atoms with E-state index in [-0.39, 0.29) is 5.91 Å². The van der Waals surface area contributed by atoms with Gasteiger partial charge in [0.05, 0.1) is 21.6 Å². The van der Waals surface area contributed by atoms with E-state index in [2.05, 4.69) is 15.3 Å². The average Bonchev–Trinajstić information content (AvgIpc) is 3.28. The number of nitrogens with zero attached hydrogens (tertiary/aromatic N) is 1. The van der Waals surface area contributed by atoms with Gasteiger partial charge in [-0.1, -0.05) is 36.0 Å². The summed E-state index contributed by atoms with van der Waals surface area (Å²) in [6, 6.07) is 19.3. The van der Waals surface area contributed by atoms with Crippen molar-refractivity contribution in [2.75, 3.05) is 5.32 Å². The minimum Gasteiger partial charge on any atom is -0.450 e. The van der Waals surface area contributed by atoms with Gasteiger partial charge in [0.25, 0.3) is 5.91 Å². The van der Waals surface area contributed by atoms with Crippen molar-refractivity contribution in [3.63, 3.8) is 0 Å². The maximum Gasteiger partial charge on any atom is 0.262 e. The molecular weight excluding hydrogens is 378 g/mol. The van der Waals surface area contributed by atoms with Crippen LogP contribution < -0.4 is 5.32 Å². The fourth-order valence-electron chi connectivity index (χ4n) is 2.77. The summed E-state index contributed by atoms with van der Waals surface area (Å²) in [5.41, 5.74) is 2.75. The van der Waals surface area contributed by atoms with Crippen LogP contribution in [0.2, 0.25) is 0 Å². The molecule has 3 heterocycles. The van der Waals surface area contributed by atoms with Gasteiger partial charge in [-0.15, -0.1) is 0 Å². The van der Waals surface area contributed by atoms with Gasteiger partial charge in [0.1, 0.15) is 5.76 Å². The van der Waals surface area contributed by atoms with Gasteiger partial charge < -0.3 is 14.7 Å². The number of imidazole rings is 1. The van der Waals surface area contributed by atoms with E-state index in [0.717, 1.165) is 26.8 Å². The fraction of sp³-hybridized carbons (Fsp3) is 0. The number of fused-ring (bicyclic) bond motifs is 2. The van der Waals surface area contributed by atoms with Crippen LogP contribution in [0.5, 0.6) is 0 Å². The van der Waals surface area contributed by atoms with Crippen LogP contribution in [0.1, 0.15) is 5.76 Å². The molecule has 0 radical (unpaired) electrons. The van der Waals surface area contributed by atoms with Gasteiger partial charge in [0, 0.05) is 11.0 Å². The summed E-state index contributed by atoms with van der Waals surface area (Å²) < 4.78 is 5.86. The number of carbonyl (C=O) groups excluding carboxylic acids is 1. The molecule has 0 atom stereocenters. The molecule has 0 saturated carbocycles. The van der Waals surface area contributed by atoms with E-state index >= 15 is 0 Å². The third kappa shape index (κ3) is 3.27. The molecule has 0 fully saturated rings.